The third kappa shape index (κ3) is 5.15. The van der Waals surface area contributed by atoms with E-state index >= 15 is 0 Å². The third-order valence-corrected chi connectivity index (χ3v) is 4.15. The fourth-order valence-electron chi connectivity index (χ4n) is 2.85. The van der Waals surface area contributed by atoms with E-state index in [1.54, 1.807) is 4.90 Å². The quantitative estimate of drug-likeness (QED) is 0.385. The minimum atomic E-state index is -0.449. The van der Waals surface area contributed by atoms with Crippen LogP contribution in [0.15, 0.2) is 29.4 Å². The zero-order valence-electron chi connectivity index (χ0n) is 14.7. The number of carbonyl (C=O) groups is 1. The molecule has 0 radical (unpaired) electrons. The first-order valence-electron chi connectivity index (χ1n) is 8.33. The summed E-state index contributed by atoms with van der Waals surface area (Å²) >= 11 is 0. The maximum absolute atomic E-state index is 12.1. The van der Waals surface area contributed by atoms with E-state index < -0.39 is 5.60 Å². The van der Waals surface area contributed by atoms with Crippen molar-refractivity contribution in [3.05, 3.63) is 35.4 Å². The van der Waals surface area contributed by atoms with Crippen molar-refractivity contribution in [2.24, 2.45) is 16.8 Å². The third-order valence-electron chi connectivity index (χ3n) is 4.15. The topological polar surface area (TPSA) is 88.2 Å². The molecule has 1 saturated heterocycles. The van der Waals surface area contributed by atoms with E-state index in [9.17, 15) is 4.79 Å². The van der Waals surface area contributed by atoms with Gasteiger partial charge in [0, 0.05) is 18.7 Å². The Kier molecular flexibility index (Phi) is 5.70. The molecule has 0 unspecified atom stereocenters. The van der Waals surface area contributed by atoms with Gasteiger partial charge in [-0.1, -0.05) is 29.4 Å². The van der Waals surface area contributed by atoms with Gasteiger partial charge < -0.3 is 20.6 Å². The minimum Gasteiger partial charge on any atom is -0.444 e. The number of piperidine rings is 1. The molecule has 6 heteroatoms. The molecule has 0 aromatic heterocycles. The Morgan fingerprint density at radius 2 is 1.88 bits per heavy atom. The molecule has 0 atom stereocenters. The second-order valence-electron chi connectivity index (χ2n) is 7.30. The Hall–Kier alpha value is -2.24. The summed E-state index contributed by atoms with van der Waals surface area (Å²) in [5.41, 5.74) is 7.05. The van der Waals surface area contributed by atoms with Crippen molar-refractivity contribution in [1.82, 2.24) is 4.90 Å². The van der Waals surface area contributed by atoms with E-state index in [1.807, 2.05) is 45.0 Å². The first kappa shape index (κ1) is 18.1. The summed E-state index contributed by atoms with van der Waals surface area (Å²) in [7, 11) is 0. The molecule has 0 saturated carbocycles. The maximum atomic E-state index is 12.1. The first-order chi connectivity index (χ1) is 11.3. The summed E-state index contributed by atoms with van der Waals surface area (Å²) in [4.78, 5) is 13.9. The summed E-state index contributed by atoms with van der Waals surface area (Å²) in [5.74, 6) is 0.672. The van der Waals surface area contributed by atoms with Crippen LogP contribution in [0.5, 0.6) is 0 Å². The van der Waals surface area contributed by atoms with Gasteiger partial charge in [-0.3, -0.25) is 0 Å². The lowest BCUT2D eigenvalue weighted by molar-refractivity contribution is 0.0184. The van der Waals surface area contributed by atoms with E-state index in [-0.39, 0.29) is 11.9 Å². The molecule has 1 aliphatic rings. The second kappa shape index (κ2) is 7.55. The SMILES string of the molecule is CC(C)(C)OC(=O)N1CCC(Cc2ccc(/C(N)=N/O)cc2)CC1. The number of carbonyl (C=O) groups excluding carboxylic acids is 1. The maximum Gasteiger partial charge on any atom is 0.410 e. The Morgan fingerprint density at radius 1 is 1.29 bits per heavy atom. The molecule has 0 spiro atoms. The second-order valence-corrected chi connectivity index (χ2v) is 7.30. The van der Waals surface area contributed by atoms with Gasteiger partial charge in [0.15, 0.2) is 5.84 Å². The van der Waals surface area contributed by atoms with E-state index in [0.717, 1.165) is 32.4 Å². The number of benzene rings is 1. The average molecular weight is 333 g/mol. The molecule has 3 N–H and O–H groups in total. The van der Waals surface area contributed by atoms with Crippen molar-refractivity contribution in [3.8, 4) is 0 Å². The Bertz CT molecular complexity index is 583. The molecule has 1 aromatic rings. The molecule has 1 aromatic carbocycles. The molecule has 1 heterocycles. The van der Waals surface area contributed by atoms with Gasteiger partial charge in [-0.05, 0) is 51.5 Å². The molecule has 1 fully saturated rings. The van der Waals surface area contributed by atoms with Crippen LogP contribution in [0.1, 0.15) is 44.7 Å². The van der Waals surface area contributed by atoms with Gasteiger partial charge >= 0.3 is 6.09 Å². The average Bonchev–Trinajstić information content (AvgIpc) is 2.54. The molecule has 0 bridgehead atoms. The number of amides is 1. The molecule has 2 rings (SSSR count). The van der Waals surface area contributed by atoms with Crippen LogP contribution in [0.2, 0.25) is 0 Å². The van der Waals surface area contributed by atoms with E-state index in [0.29, 0.717) is 11.5 Å². The van der Waals surface area contributed by atoms with Crippen molar-refractivity contribution in [1.29, 1.82) is 0 Å². The molecular formula is C18H27N3O3. The van der Waals surface area contributed by atoms with Gasteiger partial charge in [0.1, 0.15) is 5.60 Å². The highest BCUT2D eigenvalue weighted by Gasteiger charge is 2.26. The van der Waals surface area contributed by atoms with Gasteiger partial charge in [0.05, 0.1) is 0 Å². The standard InChI is InChI=1S/C18H27N3O3/c1-18(2,3)24-17(22)21-10-8-14(9-11-21)12-13-4-6-15(7-5-13)16(19)20-23/h4-7,14,23H,8-12H2,1-3H3,(H2,19,20). The lowest BCUT2D eigenvalue weighted by Gasteiger charge is -2.33. The number of likely N-dealkylation sites (tertiary alicyclic amines) is 1. The van der Waals surface area contributed by atoms with Gasteiger partial charge in [0.25, 0.3) is 0 Å². The molecule has 132 valence electrons. The van der Waals surface area contributed by atoms with Crippen LogP contribution < -0.4 is 5.73 Å². The molecular weight excluding hydrogens is 306 g/mol. The number of oxime groups is 1. The predicted molar refractivity (Wildman–Crippen MR) is 93.2 cm³/mol. The van der Waals surface area contributed by atoms with Gasteiger partial charge in [-0.15, -0.1) is 0 Å². The van der Waals surface area contributed by atoms with Crippen LogP contribution in [0.25, 0.3) is 0 Å². The molecule has 1 aliphatic heterocycles. The molecule has 24 heavy (non-hydrogen) atoms. The summed E-state index contributed by atoms with van der Waals surface area (Å²) in [6.07, 6.45) is 2.70. The molecule has 0 aliphatic carbocycles. The van der Waals surface area contributed by atoms with Crippen molar-refractivity contribution >= 4 is 11.9 Å². The van der Waals surface area contributed by atoms with E-state index in [1.165, 1.54) is 5.56 Å². The number of rotatable bonds is 3. The number of amidine groups is 1. The van der Waals surface area contributed by atoms with Gasteiger partial charge in [-0.2, -0.15) is 0 Å². The fraction of sp³-hybridized carbons (Fsp3) is 0.556. The Balaban J connectivity index is 1.84. The summed E-state index contributed by atoms with van der Waals surface area (Å²) in [5, 5.41) is 11.7. The van der Waals surface area contributed by atoms with E-state index in [4.69, 9.17) is 15.7 Å². The van der Waals surface area contributed by atoms with Crippen LogP contribution in [-0.4, -0.2) is 40.7 Å². The number of nitrogens with zero attached hydrogens (tertiary/aromatic N) is 2. The van der Waals surface area contributed by atoms with Crippen LogP contribution in [0, 0.1) is 5.92 Å². The smallest absolute Gasteiger partial charge is 0.410 e. The van der Waals surface area contributed by atoms with E-state index in [2.05, 4.69) is 5.16 Å². The molecule has 1 amide bonds. The highest BCUT2D eigenvalue weighted by atomic mass is 16.6. The van der Waals surface area contributed by atoms with Gasteiger partial charge in [0.2, 0.25) is 0 Å². The largest absolute Gasteiger partial charge is 0.444 e. The van der Waals surface area contributed by atoms with Crippen molar-refractivity contribution in [2.75, 3.05) is 13.1 Å². The van der Waals surface area contributed by atoms with Crippen LogP contribution in [-0.2, 0) is 11.2 Å². The zero-order valence-corrected chi connectivity index (χ0v) is 14.7. The zero-order chi connectivity index (χ0) is 17.7. The number of ether oxygens (including phenoxy) is 1. The normalized spacial score (nSPS) is 17.0. The lowest BCUT2D eigenvalue weighted by atomic mass is 9.90. The van der Waals surface area contributed by atoms with Crippen molar-refractivity contribution < 1.29 is 14.7 Å². The van der Waals surface area contributed by atoms with Crippen LogP contribution in [0.4, 0.5) is 4.79 Å². The van der Waals surface area contributed by atoms with Crippen LogP contribution >= 0.6 is 0 Å². The molecule has 6 nitrogen and oxygen atoms in total. The highest BCUT2D eigenvalue weighted by Crippen LogP contribution is 2.23. The first-order valence-corrected chi connectivity index (χ1v) is 8.33. The van der Waals surface area contributed by atoms with Crippen LogP contribution in [0.3, 0.4) is 0 Å². The van der Waals surface area contributed by atoms with Gasteiger partial charge in [-0.25, -0.2) is 4.79 Å². The van der Waals surface area contributed by atoms with Crippen molar-refractivity contribution in [3.63, 3.8) is 0 Å². The minimum absolute atomic E-state index is 0.118. The Morgan fingerprint density at radius 3 is 2.38 bits per heavy atom. The Labute approximate surface area is 143 Å². The number of nitrogens with two attached hydrogens (primary N) is 1. The summed E-state index contributed by atoms with van der Waals surface area (Å²) < 4.78 is 5.42. The summed E-state index contributed by atoms with van der Waals surface area (Å²) in [6, 6.07) is 7.74. The lowest BCUT2D eigenvalue weighted by Crippen LogP contribution is -2.42. The summed E-state index contributed by atoms with van der Waals surface area (Å²) in [6.45, 7) is 7.13. The predicted octanol–water partition coefficient (Wildman–Crippen LogP) is 2.97. The monoisotopic (exact) mass is 333 g/mol. The highest BCUT2D eigenvalue weighted by molar-refractivity contribution is 5.96. The number of hydrogen-bond donors (Lipinski definition) is 2. The number of hydrogen-bond acceptors (Lipinski definition) is 4. The fourth-order valence-corrected chi connectivity index (χ4v) is 2.85. The van der Waals surface area contributed by atoms with Crippen molar-refractivity contribution in [2.45, 2.75) is 45.6 Å².